The van der Waals surface area contributed by atoms with Crippen LogP contribution in [-0.2, 0) is 6.54 Å². The first-order valence-corrected chi connectivity index (χ1v) is 10.2. The number of nitrogens with one attached hydrogen (secondary N) is 1. The molecule has 2 fully saturated rings. The van der Waals surface area contributed by atoms with E-state index in [1.165, 1.54) is 4.88 Å². The highest BCUT2D eigenvalue weighted by molar-refractivity contribution is 14.0. The van der Waals surface area contributed by atoms with Crippen molar-refractivity contribution in [2.45, 2.75) is 18.6 Å². The van der Waals surface area contributed by atoms with Crippen molar-refractivity contribution in [3.8, 4) is 0 Å². The van der Waals surface area contributed by atoms with Gasteiger partial charge in [0, 0.05) is 56.9 Å². The first-order chi connectivity index (χ1) is 11.2. The molecule has 1 unspecified atom stereocenters. The van der Waals surface area contributed by atoms with E-state index in [-0.39, 0.29) is 24.0 Å². The molecule has 1 aromatic rings. The van der Waals surface area contributed by atoms with Crippen LogP contribution in [0.3, 0.4) is 0 Å². The number of piperazine rings is 1. The summed E-state index contributed by atoms with van der Waals surface area (Å²) in [4.78, 5) is 10.6. The molecular weight excluding hydrogens is 455 g/mol. The van der Waals surface area contributed by atoms with Gasteiger partial charge in [-0.25, -0.2) is 0 Å². The van der Waals surface area contributed by atoms with Crippen molar-refractivity contribution in [2.24, 2.45) is 4.99 Å². The average Bonchev–Trinajstić information content (AvgIpc) is 3.22. The van der Waals surface area contributed by atoms with Crippen molar-refractivity contribution < 1.29 is 5.11 Å². The second-order valence-corrected chi connectivity index (χ2v) is 8.41. The number of hydrogen-bond donors (Lipinski definition) is 2. The summed E-state index contributed by atoms with van der Waals surface area (Å²) < 4.78 is 0. The van der Waals surface area contributed by atoms with Crippen LogP contribution < -0.4 is 5.32 Å². The van der Waals surface area contributed by atoms with Crippen LogP contribution in [0.15, 0.2) is 22.5 Å². The first-order valence-electron chi connectivity index (χ1n) is 8.19. The molecule has 1 aromatic heterocycles. The molecule has 3 rings (SSSR count). The molecule has 3 heterocycles. The SMILES string of the molecule is CN=C(NCC1(O)CCSC1)N1CCN(Cc2cccs2)CC1.I. The lowest BCUT2D eigenvalue weighted by Crippen LogP contribution is -2.54. The topological polar surface area (TPSA) is 51.1 Å². The van der Waals surface area contributed by atoms with Gasteiger partial charge in [0.2, 0.25) is 0 Å². The van der Waals surface area contributed by atoms with Crippen LogP contribution in [-0.4, -0.2) is 77.7 Å². The zero-order valence-electron chi connectivity index (χ0n) is 14.1. The minimum absolute atomic E-state index is 0. The molecule has 0 amide bonds. The van der Waals surface area contributed by atoms with Gasteiger partial charge in [-0.15, -0.1) is 35.3 Å². The fourth-order valence-corrected chi connectivity index (χ4v) is 5.09. The summed E-state index contributed by atoms with van der Waals surface area (Å²) in [7, 11) is 1.83. The highest BCUT2D eigenvalue weighted by Crippen LogP contribution is 2.27. The maximum absolute atomic E-state index is 10.5. The van der Waals surface area contributed by atoms with Crippen molar-refractivity contribution in [1.29, 1.82) is 0 Å². The summed E-state index contributed by atoms with van der Waals surface area (Å²) in [5.41, 5.74) is -0.568. The maximum Gasteiger partial charge on any atom is 0.193 e. The quantitative estimate of drug-likeness (QED) is 0.390. The van der Waals surface area contributed by atoms with E-state index in [1.54, 1.807) is 0 Å². The second-order valence-electron chi connectivity index (χ2n) is 6.27. The minimum Gasteiger partial charge on any atom is -0.387 e. The van der Waals surface area contributed by atoms with Crippen LogP contribution in [0.2, 0.25) is 0 Å². The first kappa shape index (κ1) is 20.3. The summed E-state index contributed by atoms with van der Waals surface area (Å²) in [6.07, 6.45) is 0.871. The summed E-state index contributed by atoms with van der Waals surface area (Å²) in [6.45, 7) is 5.73. The predicted octanol–water partition coefficient (Wildman–Crippen LogP) is 1.93. The van der Waals surface area contributed by atoms with Gasteiger partial charge in [-0.2, -0.15) is 11.8 Å². The van der Waals surface area contributed by atoms with Crippen molar-refractivity contribution >= 4 is 53.0 Å². The normalized spacial score (nSPS) is 25.6. The van der Waals surface area contributed by atoms with Gasteiger partial charge in [-0.1, -0.05) is 6.07 Å². The highest BCUT2D eigenvalue weighted by Gasteiger charge is 2.32. The maximum atomic E-state index is 10.5. The zero-order valence-corrected chi connectivity index (χ0v) is 18.1. The van der Waals surface area contributed by atoms with E-state index < -0.39 is 5.60 Å². The molecule has 0 aliphatic carbocycles. The lowest BCUT2D eigenvalue weighted by Gasteiger charge is -2.37. The van der Waals surface area contributed by atoms with E-state index in [0.717, 1.165) is 56.6 Å². The molecule has 2 aliphatic rings. The summed E-state index contributed by atoms with van der Waals surface area (Å²) in [6, 6.07) is 4.33. The fraction of sp³-hybridized carbons (Fsp3) is 0.688. The molecule has 0 aromatic carbocycles. The third kappa shape index (κ3) is 5.48. The number of hydrogen-bond acceptors (Lipinski definition) is 5. The third-order valence-corrected chi connectivity index (χ3v) is 6.60. The Labute approximate surface area is 169 Å². The molecular formula is C16H27IN4OS2. The van der Waals surface area contributed by atoms with Gasteiger partial charge < -0.3 is 15.3 Å². The Morgan fingerprint density at radius 1 is 1.38 bits per heavy atom. The van der Waals surface area contributed by atoms with E-state index in [0.29, 0.717) is 6.54 Å². The molecule has 2 N–H and O–H groups in total. The molecule has 2 saturated heterocycles. The average molecular weight is 482 g/mol. The summed E-state index contributed by atoms with van der Waals surface area (Å²) in [5, 5.41) is 16.0. The summed E-state index contributed by atoms with van der Waals surface area (Å²) in [5.74, 6) is 2.80. The van der Waals surface area contributed by atoms with Crippen LogP contribution >= 0.6 is 47.1 Å². The summed E-state index contributed by atoms with van der Waals surface area (Å²) >= 11 is 3.66. The molecule has 5 nitrogen and oxygen atoms in total. The van der Waals surface area contributed by atoms with E-state index in [2.05, 4.69) is 37.6 Å². The molecule has 0 saturated carbocycles. The van der Waals surface area contributed by atoms with Gasteiger partial charge in [0.15, 0.2) is 5.96 Å². The monoisotopic (exact) mass is 482 g/mol. The van der Waals surface area contributed by atoms with Crippen LogP contribution in [0.5, 0.6) is 0 Å². The molecule has 8 heteroatoms. The van der Waals surface area contributed by atoms with E-state index in [4.69, 9.17) is 0 Å². The molecule has 2 aliphatic heterocycles. The van der Waals surface area contributed by atoms with Gasteiger partial charge in [0.05, 0.1) is 5.60 Å². The Morgan fingerprint density at radius 3 is 2.75 bits per heavy atom. The zero-order chi connectivity index (χ0) is 16.1. The van der Waals surface area contributed by atoms with Gasteiger partial charge in [-0.05, 0) is 23.6 Å². The number of thioether (sulfide) groups is 1. The van der Waals surface area contributed by atoms with Crippen LogP contribution in [0, 0.1) is 0 Å². The van der Waals surface area contributed by atoms with E-state index in [9.17, 15) is 5.11 Å². The number of aliphatic imine (C=N–C) groups is 1. The molecule has 0 radical (unpaired) electrons. The number of rotatable bonds is 4. The number of aliphatic hydroxyl groups is 1. The molecule has 0 bridgehead atoms. The Bertz CT molecular complexity index is 512. The Hall–Kier alpha value is -0.0300. The van der Waals surface area contributed by atoms with Crippen molar-refractivity contribution in [2.75, 3.05) is 51.3 Å². The van der Waals surface area contributed by atoms with Gasteiger partial charge in [-0.3, -0.25) is 9.89 Å². The van der Waals surface area contributed by atoms with E-state index in [1.807, 2.05) is 30.1 Å². The molecule has 24 heavy (non-hydrogen) atoms. The second kappa shape index (κ2) is 9.61. The lowest BCUT2D eigenvalue weighted by atomic mass is 10.0. The van der Waals surface area contributed by atoms with E-state index >= 15 is 0 Å². The Kier molecular flexibility index (Phi) is 8.12. The number of halogens is 1. The number of nitrogens with zero attached hydrogens (tertiary/aromatic N) is 3. The standard InChI is InChI=1S/C16H26N4OS2.HI/c1-17-15(18-12-16(21)4-10-22-13-16)20-7-5-19(6-8-20)11-14-3-2-9-23-14;/h2-3,9,21H,4-8,10-13H2,1H3,(H,17,18);1H. The van der Waals surface area contributed by atoms with Gasteiger partial charge in [0.25, 0.3) is 0 Å². The van der Waals surface area contributed by atoms with Crippen LogP contribution in [0.4, 0.5) is 0 Å². The van der Waals surface area contributed by atoms with Gasteiger partial charge in [0.1, 0.15) is 0 Å². The third-order valence-electron chi connectivity index (χ3n) is 4.50. The minimum atomic E-state index is -0.568. The van der Waals surface area contributed by atoms with Gasteiger partial charge >= 0.3 is 0 Å². The smallest absolute Gasteiger partial charge is 0.193 e. The van der Waals surface area contributed by atoms with Crippen molar-refractivity contribution in [3.05, 3.63) is 22.4 Å². The van der Waals surface area contributed by atoms with Crippen molar-refractivity contribution in [1.82, 2.24) is 15.1 Å². The predicted molar refractivity (Wildman–Crippen MR) is 115 cm³/mol. The molecule has 1 atom stereocenters. The largest absolute Gasteiger partial charge is 0.387 e. The van der Waals surface area contributed by atoms with Crippen LogP contribution in [0.25, 0.3) is 0 Å². The Morgan fingerprint density at radius 2 is 2.17 bits per heavy atom. The molecule has 0 spiro atoms. The van der Waals surface area contributed by atoms with Crippen LogP contribution in [0.1, 0.15) is 11.3 Å². The highest BCUT2D eigenvalue weighted by atomic mass is 127. The van der Waals surface area contributed by atoms with Crippen molar-refractivity contribution in [3.63, 3.8) is 0 Å². The number of thiophene rings is 1. The fourth-order valence-electron chi connectivity index (χ4n) is 3.05. The Balaban J connectivity index is 0.00000208. The number of guanidine groups is 1. The molecule has 136 valence electrons. The lowest BCUT2D eigenvalue weighted by molar-refractivity contribution is 0.0711.